The Bertz CT molecular complexity index is 2780. The van der Waals surface area contributed by atoms with Gasteiger partial charge >= 0.3 is 0 Å². The molecule has 0 saturated carbocycles. The molecule has 10 aromatic rings. The summed E-state index contributed by atoms with van der Waals surface area (Å²) < 4.78 is 4.80. The predicted octanol–water partition coefficient (Wildman–Crippen LogP) is 12.4. The summed E-state index contributed by atoms with van der Waals surface area (Å²) in [4.78, 5) is 0. The van der Waals surface area contributed by atoms with Gasteiger partial charge in [-0.3, -0.25) is 0 Å². The molecule has 0 amide bonds. The summed E-state index contributed by atoms with van der Waals surface area (Å²) in [5.74, 6) is 0. The van der Waals surface area contributed by atoms with Crippen LogP contribution in [-0.2, 0) is 0 Å². The number of rotatable bonds is 4. The minimum absolute atomic E-state index is 1.15. The van der Waals surface area contributed by atoms with E-state index in [4.69, 9.17) is 0 Å². The van der Waals surface area contributed by atoms with Gasteiger partial charge in [-0.15, -0.1) is 0 Å². The van der Waals surface area contributed by atoms with E-state index in [0.717, 1.165) is 11.4 Å². The number of fused-ring (bicyclic) bond motifs is 7. The zero-order chi connectivity index (χ0) is 31.6. The highest BCUT2D eigenvalue weighted by Gasteiger charge is 2.15. The van der Waals surface area contributed by atoms with Gasteiger partial charge in [-0.1, -0.05) is 127 Å². The monoisotopic (exact) mass is 610 g/mol. The topological polar surface area (TPSA) is 9.86 Å². The number of hydrogen-bond donors (Lipinski definition) is 0. The number of hydrogen-bond acceptors (Lipinski definition) is 0. The number of nitrogens with zero attached hydrogens (tertiary/aromatic N) is 2. The molecule has 2 heterocycles. The molecule has 10 rings (SSSR count). The van der Waals surface area contributed by atoms with E-state index in [1.54, 1.807) is 0 Å². The third-order valence-electron chi connectivity index (χ3n) is 9.90. The molecular weight excluding hydrogens is 581 g/mol. The van der Waals surface area contributed by atoms with Crippen molar-refractivity contribution in [2.24, 2.45) is 0 Å². The number of aromatic nitrogens is 2. The average molecular weight is 611 g/mol. The van der Waals surface area contributed by atoms with Crippen LogP contribution in [0.5, 0.6) is 0 Å². The molecule has 0 bridgehead atoms. The molecule has 0 fully saturated rings. The Morgan fingerprint density at radius 2 is 0.750 bits per heavy atom. The molecule has 0 N–H and O–H groups in total. The van der Waals surface area contributed by atoms with Crippen molar-refractivity contribution in [3.05, 3.63) is 182 Å². The van der Waals surface area contributed by atoms with Crippen molar-refractivity contribution in [3.63, 3.8) is 0 Å². The largest absolute Gasteiger partial charge is 0.309 e. The maximum Gasteiger partial charge on any atom is 0.0547 e. The molecule has 0 spiro atoms. The third-order valence-corrected chi connectivity index (χ3v) is 9.90. The summed E-state index contributed by atoms with van der Waals surface area (Å²) >= 11 is 0. The second kappa shape index (κ2) is 10.6. The highest BCUT2D eigenvalue weighted by atomic mass is 15.0. The number of benzene rings is 8. The summed E-state index contributed by atoms with van der Waals surface area (Å²) in [6, 6.07) is 66.3. The van der Waals surface area contributed by atoms with E-state index in [0.29, 0.717) is 0 Å². The molecule has 0 aliphatic rings. The first-order valence-corrected chi connectivity index (χ1v) is 16.5. The van der Waals surface area contributed by atoms with Crippen LogP contribution in [0.2, 0.25) is 0 Å². The second-order valence-corrected chi connectivity index (χ2v) is 12.6. The van der Waals surface area contributed by atoms with Crippen LogP contribution in [0.3, 0.4) is 0 Å². The minimum atomic E-state index is 1.15. The minimum Gasteiger partial charge on any atom is -0.309 e. The van der Waals surface area contributed by atoms with E-state index in [2.05, 4.69) is 191 Å². The molecule has 0 atom stereocenters. The fourth-order valence-corrected chi connectivity index (χ4v) is 7.63. The van der Waals surface area contributed by atoms with Gasteiger partial charge in [-0.2, -0.15) is 0 Å². The van der Waals surface area contributed by atoms with Crippen molar-refractivity contribution in [1.29, 1.82) is 0 Å². The van der Waals surface area contributed by atoms with E-state index in [9.17, 15) is 0 Å². The maximum absolute atomic E-state index is 2.41. The predicted molar refractivity (Wildman–Crippen MR) is 203 cm³/mol. The highest BCUT2D eigenvalue weighted by Crippen LogP contribution is 2.37. The van der Waals surface area contributed by atoms with E-state index in [1.165, 1.54) is 76.6 Å². The molecule has 2 heteroatoms. The van der Waals surface area contributed by atoms with Gasteiger partial charge in [0.25, 0.3) is 0 Å². The smallest absolute Gasteiger partial charge is 0.0547 e. The van der Waals surface area contributed by atoms with Gasteiger partial charge < -0.3 is 9.13 Å². The van der Waals surface area contributed by atoms with Crippen molar-refractivity contribution < 1.29 is 0 Å². The standard InChI is InChI=1S/C46H30N2/c1-2-11-33-28-35(21-20-31(33)10-1)32-22-25-37(26-23-32)47-43-17-6-5-16-41(43)42-27-24-36(30-46(42)47)34-12-9-13-38(29-34)48-44-18-7-3-14-39(44)40-15-4-8-19-45(40)48/h1-30H. The van der Waals surface area contributed by atoms with Crippen LogP contribution >= 0.6 is 0 Å². The zero-order valence-electron chi connectivity index (χ0n) is 26.2. The Morgan fingerprint density at radius 3 is 1.44 bits per heavy atom. The van der Waals surface area contributed by atoms with Gasteiger partial charge in [0.2, 0.25) is 0 Å². The Hall–Kier alpha value is -6.38. The number of para-hydroxylation sites is 3. The van der Waals surface area contributed by atoms with Crippen LogP contribution in [0.25, 0.3) is 88.0 Å². The zero-order valence-corrected chi connectivity index (χ0v) is 26.2. The van der Waals surface area contributed by atoms with Gasteiger partial charge in [0, 0.05) is 32.9 Å². The average Bonchev–Trinajstić information content (AvgIpc) is 3.67. The molecule has 48 heavy (non-hydrogen) atoms. The summed E-state index contributed by atoms with van der Waals surface area (Å²) in [6.07, 6.45) is 0. The lowest BCUT2D eigenvalue weighted by Gasteiger charge is -2.12. The molecule has 8 aromatic carbocycles. The summed E-state index contributed by atoms with van der Waals surface area (Å²) in [6.45, 7) is 0. The fraction of sp³-hybridized carbons (Fsp3) is 0. The van der Waals surface area contributed by atoms with Gasteiger partial charge in [-0.25, -0.2) is 0 Å². The first kappa shape index (κ1) is 26.8. The second-order valence-electron chi connectivity index (χ2n) is 12.6. The Morgan fingerprint density at radius 1 is 0.250 bits per heavy atom. The van der Waals surface area contributed by atoms with Crippen molar-refractivity contribution in [1.82, 2.24) is 9.13 Å². The SMILES string of the molecule is c1cc(-c2ccc3c4ccccc4n(-c4ccc(-c5ccc6ccccc6c5)cc4)c3c2)cc(-n2c3ccccc3c3ccccc32)c1. The Kier molecular flexibility index (Phi) is 5.91. The van der Waals surface area contributed by atoms with Crippen LogP contribution in [0, 0.1) is 0 Å². The summed E-state index contributed by atoms with van der Waals surface area (Å²) in [5, 5.41) is 7.59. The fourth-order valence-electron chi connectivity index (χ4n) is 7.63. The lowest BCUT2D eigenvalue weighted by Crippen LogP contribution is -1.95. The first-order valence-electron chi connectivity index (χ1n) is 16.5. The van der Waals surface area contributed by atoms with E-state index < -0.39 is 0 Å². The lowest BCUT2D eigenvalue weighted by molar-refractivity contribution is 1.18. The molecular formula is C46H30N2. The van der Waals surface area contributed by atoms with Crippen LogP contribution in [-0.4, -0.2) is 9.13 Å². The summed E-state index contributed by atoms with van der Waals surface area (Å²) in [7, 11) is 0. The maximum atomic E-state index is 2.41. The van der Waals surface area contributed by atoms with E-state index >= 15 is 0 Å². The molecule has 0 radical (unpaired) electrons. The van der Waals surface area contributed by atoms with E-state index in [-0.39, 0.29) is 0 Å². The lowest BCUT2D eigenvalue weighted by atomic mass is 10.0. The first-order chi connectivity index (χ1) is 23.8. The summed E-state index contributed by atoms with van der Waals surface area (Å²) in [5.41, 5.74) is 12.0. The normalized spacial score (nSPS) is 11.8. The van der Waals surface area contributed by atoms with Gasteiger partial charge in [0.05, 0.1) is 22.1 Å². The Labute approximate surface area is 278 Å². The van der Waals surface area contributed by atoms with Gasteiger partial charge in [0.1, 0.15) is 0 Å². The Balaban J connectivity index is 1.11. The van der Waals surface area contributed by atoms with Crippen LogP contribution in [0.4, 0.5) is 0 Å². The van der Waals surface area contributed by atoms with Crippen molar-refractivity contribution in [2.75, 3.05) is 0 Å². The quantitative estimate of drug-likeness (QED) is 0.188. The molecule has 224 valence electrons. The molecule has 0 saturated heterocycles. The van der Waals surface area contributed by atoms with Crippen molar-refractivity contribution in [3.8, 4) is 33.6 Å². The van der Waals surface area contributed by atoms with Crippen LogP contribution in [0.15, 0.2) is 182 Å². The van der Waals surface area contributed by atoms with Crippen LogP contribution in [0.1, 0.15) is 0 Å². The van der Waals surface area contributed by atoms with Crippen molar-refractivity contribution >= 4 is 54.4 Å². The molecule has 0 aliphatic heterocycles. The molecule has 0 unspecified atom stereocenters. The highest BCUT2D eigenvalue weighted by molar-refractivity contribution is 6.11. The van der Waals surface area contributed by atoms with Gasteiger partial charge in [-0.05, 0) is 87.6 Å². The molecule has 0 aliphatic carbocycles. The van der Waals surface area contributed by atoms with Gasteiger partial charge in [0.15, 0.2) is 0 Å². The molecule has 2 aromatic heterocycles. The third kappa shape index (κ3) is 4.13. The van der Waals surface area contributed by atoms with E-state index in [1.807, 2.05) is 0 Å². The van der Waals surface area contributed by atoms with Crippen molar-refractivity contribution in [2.45, 2.75) is 0 Å². The van der Waals surface area contributed by atoms with Crippen LogP contribution < -0.4 is 0 Å². The molecule has 2 nitrogen and oxygen atoms in total.